The average molecular weight is 271 g/mol. The lowest BCUT2D eigenvalue weighted by molar-refractivity contribution is 0.415. The first-order chi connectivity index (χ1) is 8.17. The summed E-state index contributed by atoms with van der Waals surface area (Å²) >= 11 is 11.3. The van der Waals surface area contributed by atoms with Gasteiger partial charge in [-0.1, -0.05) is 0 Å². The van der Waals surface area contributed by atoms with Crippen LogP contribution in [0.2, 0.25) is 10.6 Å². The van der Waals surface area contributed by atoms with E-state index in [2.05, 4.69) is 20.3 Å². The maximum absolute atomic E-state index is 5.66. The van der Waals surface area contributed by atoms with E-state index in [4.69, 9.17) is 27.9 Å². The molecule has 0 aliphatic carbocycles. The second-order valence-electron chi connectivity index (χ2n) is 3.05. The number of halogens is 2. The molecule has 0 saturated heterocycles. The van der Waals surface area contributed by atoms with Crippen LogP contribution in [0.1, 0.15) is 0 Å². The normalized spacial score (nSPS) is 10.1. The van der Waals surface area contributed by atoms with Gasteiger partial charge in [0.15, 0.2) is 0 Å². The Morgan fingerprint density at radius 1 is 1.00 bits per heavy atom. The van der Waals surface area contributed by atoms with Crippen LogP contribution in [-0.2, 0) is 0 Å². The summed E-state index contributed by atoms with van der Waals surface area (Å²) in [5, 5.41) is 3.04. The molecule has 0 amide bonds. The van der Waals surface area contributed by atoms with E-state index in [1.54, 1.807) is 7.11 Å². The molecule has 0 aliphatic heterocycles. The van der Waals surface area contributed by atoms with Gasteiger partial charge in [0.25, 0.3) is 0 Å². The minimum Gasteiger partial charge on any atom is -0.497 e. The highest BCUT2D eigenvalue weighted by molar-refractivity contribution is 6.31. The largest absolute Gasteiger partial charge is 0.497 e. The highest BCUT2D eigenvalue weighted by atomic mass is 35.5. The van der Waals surface area contributed by atoms with Gasteiger partial charge in [0.2, 0.25) is 16.5 Å². The summed E-state index contributed by atoms with van der Waals surface area (Å²) in [6.07, 6.45) is 0. The predicted molar refractivity (Wildman–Crippen MR) is 66.1 cm³/mol. The molecule has 1 aromatic heterocycles. The van der Waals surface area contributed by atoms with Crippen molar-refractivity contribution in [3.8, 4) is 5.75 Å². The van der Waals surface area contributed by atoms with Crippen LogP contribution >= 0.6 is 23.2 Å². The van der Waals surface area contributed by atoms with Gasteiger partial charge in [-0.3, -0.25) is 0 Å². The Bertz CT molecular complexity index is 498. The molecule has 7 heteroatoms. The third-order valence-electron chi connectivity index (χ3n) is 1.93. The Hall–Kier alpha value is -1.59. The number of nitrogens with zero attached hydrogens (tertiary/aromatic N) is 3. The van der Waals surface area contributed by atoms with Crippen molar-refractivity contribution in [3.63, 3.8) is 0 Å². The predicted octanol–water partition coefficient (Wildman–Crippen LogP) is 2.93. The van der Waals surface area contributed by atoms with Gasteiger partial charge in [0, 0.05) is 5.69 Å². The highest BCUT2D eigenvalue weighted by Crippen LogP contribution is 2.19. The van der Waals surface area contributed by atoms with E-state index in [0.29, 0.717) is 5.95 Å². The Kier molecular flexibility index (Phi) is 3.61. The van der Waals surface area contributed by atoms with Crippen LogP contribution < -0.4 is 10.1 Å². The van der Waals surface area contributed by atoms with Gasteiger partial charge in [-0.05, 0) is 47.5 Å². The van der Waals surface area contributed by atoms with Crippen LogP contribution in [0.3, 0.4) is 0 Å². The summed E-state index contributed by atoms with van der Waals surface area (Å²) in [6.45, 7) is 0. The molecule has 2 aromatic rings. The Morgan fingerprint density at radius 2 is 1.59 bits per heavy atom. The van der Waals surface area contributed by atoms with Crippen molar-refractivity contribution in [2.24, 2.45) is 0 Å². The van der Waals surface area contributed by atoms with Crippen molar-refractivity contribution < 1.29 is 4.74 Å². The first-order valence-electron chi connectivity index (χ1n) is 4.65. The molecule has 0 radical (unpaired) electrons. The molecular formula is C10H8Cl2N4O. The fraction of sp³-hybridized carbons (Fsp3) is 0.100. The number of methoxy groups -OCH3 is 1. The average Bonchev–Trinajstić information content (AvgIpc) is 2.28. The number of ether oxygens (including phenoxy) is 1. The van der Waals surface area contributed by atoms with E-state index in [9.17, 15) is 0 Å². The van der Waals surface area contributed by atoms with Crippen LogP contribution in [0.5, 0.6) is 5.75 Å². The number of hydrogen-bond donors (Lipinski definition) is 1. The lowest BCUT2D eigenvalue weighted by Gasteiger charge is -2.05. The van der Waals surface area contributed by atoms with Gasteiger partial charge in [0.05, 0.1) is 7.11 Å². The second kappa shape index (κ2) is 5.16. The van der Waals surface area contributed by atoms with Crippen molar-refractivity contribution in [1.82, 2.24) is 15.0 Å². The smallest absolute Gasteiger partial charge is 0.232 e. The highest BCUT2D eigenvalue weighted by Gasteiger charge is 2.03. The quantitative estimate of drug-likeness (QED) is 0.929. The molecule has 0 saturated carbocycles. The van der Waals surface area contributed by atoms with Gasteiger partial charge in [-0.25, -0.2) is 0 Å². The van der Waals surface area contributed by atoms with E-state index in [1.165, 1.54) is 0 Å². The van der Waals surface area contributed by atoms with Gasteiger partial charge < -0.3 is 10.1 Å². The maximum atomic E-state index is 5.66. The number of rotatable bonds is 3. The third kappa shape index (κ3) is 3.18. The SMILES string of the molecule is COc1ccc(Nc2nc(Cl)nc(Cl)n2)cc1. The molecule has 0 spiro atoms. The molecule has 0 unspecified atom stereocenters. The van der Waals surface area contributed by atoms with Gasteiger partial charge in [-0.2, -0.15) is 15.0 Å². The number of aromatic nitrogens is 3. The van der Waals surface area contributed by atoms with Crippen molar-refractivity contribution in [2.45, 2.75) is 0 Å². The Labute approximate surface area is 108 Å². The minimum atomic E-state index is 0.0426. The molecule has 17 heavy (non-hydrogen) atoms. The van der Waals surface area contributed by atoms with Crippen LogP contribution in [0.25, 0.3) is 0 Å². The molecule has 88 valence electrons. The first kappa shape index (κ1) is 11.9. The summed E-state index contributed by atoms with van der Waals surface area (Å²) in [4.78, 5) is 11.4. The van der Waals surface area contributed by atoms with Crippen molar-refractivity contribution in [1.29, 1.82) is 0 Å². The number of anilines is 2. The van der Waals surface area contributed by atoms with E-state index in [1.807, 2.05) is 24.3 Å². The topological polar surface area (TPSA) is 59.9 Å². The zero-order chi connectivity index (χ0) is 12.3. The van der Waals surface area contributed by atoms with Gasteiger partial charge >= 0.3 is 0 Å². The molecule has 2 rings (SSSR count). The van der Waals surface area contributed by atoms with Crippen molar-refractivity contribution in [2.75, 3.05) is 12.4 Å². The van der Waals surface area contributed by atoms with Crippen LogP contribution in [-0.4, -0.2) is 22.1 Å². The van der Waals surface area contributed by atoms with E-state index in [0.717, 1.165) is 11.4 Å². The zero-order valence-electron chi connectivity index (χ0n) is 8.82. The fourth-order valence-electron chi connectivity index (χ4n) is 1.19. The molecule has 0 aliphatic rings. The monoisotopic (exact) mass is 270 g/mol. The van der Waals surface area contributed by atoms with Gasteiger partial charge in [-0.15, -0.1) is 0 Å². The molecule has 1 aromatic carbocycles. The van der Waals surface area contributed by atoms with E-state index >= 15 is 0 Å². The van der Waals surface area contributed by atoms with Crippen molar-refractivity contribution in [3.05, 3.63) is 34.8 Å². The standard InChI is InChI=1S/C10H8Cl2N4O/c1-17-7-4-2-6(3-5-7)13-10-15-8(11)14-9(12)16-10/h2-5H,1H3,(H,13,14,15,16). The lowest BCUT2D eigenvalue weighted by atomic mass is 10.3. The summed E-state index contributed by atoms with van der Waals surface area (Å²) < 4.78 is 5.05. The first-order valence-corrected chi connectivity index (χ1v) is 5.41. The Balaban J connectivity index is 2.19. The van der Waals surface area contributed by atoms with Crippen LogP contribution in [0.15, 0.2) is 24.3 Å². The van der Waals surface area contributed by atoms with Crippen molar-refractivity contribution >= 4 is 34.8 Å². The number of benzene rings is 1. The lowest BCUT2D eigenvalue weighted by Crippen LogP contribution is -1.99. The fourth-order valence-corrected chi connectivity index (χ4v) is 1.55. The summed E-state index contributed by atoms with van der Waals surface area (Å²) in [6, 6.07) is 7.27. The molecule has 5 nitrogen and oxygen atoms in total. The van der Waals surface area contributed by atoms with E-state index < -0.39 is 0 Å². The third-order valence-corrected chi connectivity index (χ3v) is 2.27. The molecule has 0 bridgehead atoms. The molecule has 1 N–H and O–H groups in total. The Morgan fingerprint density at radius 3 is 2.12 bits per heavy atom. The van der Waals surface area contributed by atoms with Gasteiger partial charge in [0.1, 0.15) is 5.75 Å². The summed E-state index contributed by atoms with van der Waals surface area (Å²) in [7, 11) is 1.61. The number of nitrogens with one attached hydrogen (secondary N) is 1. The molecular weight excluding hydrogens is 263 g/mol. The maximum Gasteiger partial charge on any atom is 0.232 e. The summed E-state index contributed by atoms with van der Waals surface area (Å²) in [5.74, 6) is 1.06. The molecule has 0 fully saturated rings. The van der Waals surface area contributed by atoms with Crippen LogP contribution in [0.4, 0.5) is 11.6 Å². The van der Waals surface area contributed by atoms with Crippen LogP contribution in [0, 0.1) is 0 Å². The van der Waals surface area contributed by atoms with E-state index in [-0.39, 0.29) is 10.6 Å². The summed E-state index contributed by atoms with van der Waals surface area (Å²) in [5.41, 5.74) is 0.795. The molecule has 1 heterocycles. The minimum absolute atomic E-state index is 0.0426. The molecule has 0 atom stereocenters. The number of hydrogen-bond acceptors (Lipinski definition) is 5. The zero-order valence-corrected chi connectivity index (χ0v) is 10.3. The second-order valence-corrected chi connectivity index (χ2v) is 3.73.